The van der Waals surface area contributed by atoms with Crippen LogP contribution in [0.25, 0.3) is 0 Å². The molecule has 0 bridgehead atoms. The highest BCUT2D eigenvalue weighted by Gasteiger charge is 2.37. The van der Waals surface area contributed by atoms with Crippen LogP contribution in [0, 0.1) is 0 Å². The third-order valence-corrected chi connectivity index (χ3v) is 5.85. The van der Waals surface area contributed by atoms with Crippen molar-refractivity contribution in [2.75, 3.05) is 0 Å². The fraction of sp³-hybridized carbons (Fsp3) is 0.750. The van der Waals surface area contributed by atoms with Crippen LogP contribution in [0.4, 0.5) is 0 Å². The zero-order chi connectivity index (χ0) is 11.9. The van der Waals surface area contributed by atoms with Crippen LogP contribution in [0.5, 0.6) is 0 Å². The predicted molar refractivity (Wildman–Crippen MR) is 69.3 cm³/mol. The SMILES string of the molecule is Cn1ccnc1P(C(C)(C)C)C(C)(C)C. The molecule has 0 aromatic carbocycles. The van der Waals surface area contributed by atoms with Crippen molar-refractivity contribution in [3.05, 3.63) is 12.4 Å². The molecule has 1 aromatic rings. The Hall–Kier alpha value is -0.360. The maximum atomic E-state index is 4.54. The van der Waals surface area contributed by atoms with Crippen LogP contribution < -0.4 is 5.57 Å². The van der Waals surface area contributed by atoms with Gasteiger partial charge in [0, 0.05) is 19.4 Å². The van der Waals surface area contributed by atoms with Crippen LogP contribution in [-0.2, 0) is 7.05 Å². The summed E-state index contributed by atoms with van der Waals surface area (Å²) >= 11 is 0. The minimum absolute atomic E-state index is 0.270. The van der Waals surface area contributed by atoms with Crippen molar-refractivity contribution >= 4 is 13.5 Å². The average Bonchev–Trinajstić information content (AvgIpc) is 2.30. The van der Waals surface area contributed by atoms with Crippen molar-refractivity contribution in [3.8, 4) is 0 Å². The lowest BCUT2D eigenvalue weighted by atomic mass is 10.2. The lowest BCUT2D eigenvalue weighted by molar-refractivity contribution is 0.709. The van der Waals surface area contributed by atoms with E-state index in [4.69, 9.17) is 0 Å². The molecule has 0 saturated heterocycles. The van der Waals surface area contributed by atoms with Gasteiger partial charge in [-0.3, -0.25) is 0 Å². The van der Waals surface area contributed by atoms with E-state index >= 15 is 0 Å². The molecular weight excluding hydrogens is 203 g/mol. The third-order valence-electron chi connectivity index (χ3n) is 2.34. The molecular formula is C12H23N2P. The monoisotopic (exact) mass is 226 g/mol. The summed E-state index contributed by atoms with van der Waals surface area (Å²) in [5.74, 6) is 0. The number of nitrogens with zero attached hydrogens (tertiary/aromatic N) is 2. The van der Waals surface area contributed by atoms with E-state index in [0.717, 1.165) is 0 Å². The van der Waals surface area contributed by atoms with E-state index in [2.05, 4.69) is 58.1 Å². The first kappa shape index (κ1) is 12.7. The first-order valence-corrected chi connectivity index (χ1v) is 6.76. The Morgan fingerprint density at radius 3 is 1.80 bits per heavy atom. The summed E-state index contributed by atoms with van der Waals surface area (Å²) in [5.41, 5.74) is 1.25. The second kappa shape index (κ2) is 3.90. The van der Waals surface area contributed by atoms with Gasteiger partial charge >= 0.3 is 0 Å². The van der Waals surface area contributed by atoms with Crippen molar-refractivity contribution < 1.29 is 0 Å². The molecule has 15 heavy (non-hydrogen) atoms. The third kappa shape index (κ3) is 2.81. The number of imidazole rings is 1. The minimum atomic E-state index is -0.270. The van der Waals surface area contributed by atoms with Crippen LogP contribution in [0.1, 0.15) is 41.5 Å². The summed E-state index contributed by atoms with van der Waals surface area (Å²) in [4.78, 5) is 4.54. The molecule has 86 valence electrons. The van der Waals surface area contributed by atoms with E-state index in [9.17, 15) is 0 Å². The molecule has 1 aromatic heterocycles. The number of rotatable bonds is 1. The molecule has 0 fully saturated rings. The van der Waals surface area contributed by atoms with Crippen LogP contribution >= 0.6 is 7.92 Å². The van der Waals surface area contributed by atoms with E-state index in [0.29, 0.717) is 10.3 Å². The van der Waals surface area contributed by atoms with Crippen molar-refractivity contribution in [1.82, 2.24) is 9.55 Å². The van der Waals surface area contributed by atoms with Crippen molar-refractivity contribution in [1.29, 1.82) is 0 Å². The van der Waals surface area contributed by atoms with E-state index in [1.807, 2.05) is 12.4 Å². The molecule has 0 aliphatic heterocycles. The second-order valence-electron chi connectivity index (χ2n) is 6.02. The van der Waals surface area contributed by atoms with Gasteiger partial charge in [-0.25, -0.2) is 4.98 Å². The molecule has 2 nitrogen and oxygen atoms in total. The Labute approximate surface area is 94.9 Å². The highest BCUT2D eigenvalue weighted by molar-refractivity contribution is 7.68. The summed E-state index contributed by atoms with van der Waals surface area (Å²) in [7, 11) is 1.82. The molecule has 0 N–H and O–H groups in total. The molecule has 0 radical (unpaired) electrons. The lowest BCUT2D eigenvalue weighted by Crippen LogP contribution is -2.34. The van der Waals surface area contributed by atoms with Gasteiger partial charge in [0.25, 0.3) is 0 Å². The van der Waals surface area contributed by atoms with E-state index in [1.54, 1.807) is 0 Å². The second-order valence-corrected chi connectivity index (χ2v) is 9.77. The average molecular weight is 226 g/mol. The highest BCUT2D eigenvalue weighted by Crippen LogP contribution is 2.57. The lowest BCUT2D eigenvalue weighted by Gasteiger charge is -2.40. The van der Waals surface area contributed by atoms with Gasteiger partial charge in [-0.2, -0.15) is 0 Å². The van der Waals surface area contributed by atoms with Crippen LogP contribution in [0.2, 0.25) is 0 Å². The van der Waals surface area contributed by atoms with Gasteiger partial charge in [0.1, 0.15) is 5.57 Å². The summed E-state index contributed by atoms with van der Waals surface area (Å²) in [6, 6.07) is 0. The largest absolute Gasteiger partial charge is 0.334 e. The smallest absolute Gasteiger partial charge is 0.132 e. The van der Waals surface area contributed by atoms with Gasteiger partial charge in [-0.05, 0) is 18.2 Å². The Morgan fingerprint density at radius 2 is 1.53 bits per heavy atom. The molecule has 0 unspecified atom stereocenters. The maximum absolute atomic E-state index is 4.54. The summed E-state index contributed by atoms with van der Waals surface area (Å²) < 4.78 is 2.17. The number of aromatic nitrogens is 2. The van der Waals surface area contributed by atoms with E-state index in [1.165, 1.54) is 5.57 Å². The van der Waals surface area contributed by atoms with Gasteiger partial charge in [-0.1, -0.05) is 41.5 Å². The van der Waals surface area contributed by atoms with Crippen molar-refractivity contribution in [2.45, 2.75) is 51.9 Å². The van der Waals surface area contributed by atoms with Gasteiger partial charge in [0.05, 0.1) is 0 Å². The molecule has 0 amide bonds. The topological polar surface area (TPSA) is 17.8 Å². The number of aryl methyl sites for hydroxylation is 1. The number of hydrogen-bond acceptors (Lipinski definition) is 1. The Morgan fingerprint density at radius 1 is 1.07 bits per heavy atom. The van der Waals surface area contributed by atoms with Gasteiger partial charge < -0.3 is 4.57 Å². The Bertz CT molecular complexity index is 314. The predicted octanol–water partition coefficient (Wildman–Crippen LogP) is 3.12. The molecule has 1 heterocycles. The summed E-state index contributed by atoms with van der Waals surface area (Å²) in [6.45, 7) is 13.9. The molecule has 0 aliphatic rings. The zero-order valence-corrected chi connectivity index (χ0v) is 11.9. The van der Waals surface area contributed by atoms with Crippen LogP contribution in [0.15, 0.2) is 12.4 Å². The molecule has 0 aliphatic carbocycles. The fourth-order valence-corrected chi connectivity index (χ4v) is 5.96. The Balaban J connectivity index is 3.20. The van der Waals surface area contributed by atoms with Gasteiger partial charge in [0.2, 0.25) is 0 Å². The number of hydrogen-bond donors (Lipinski definition) is 0. The van der Waals surface area contributed by atoms with Crippen molar-refractivity contribution in [3.63, 3.8) is 0 Å². The maximum Gasteiger partial charge on any atom is 0.132 e. The molecule has 0 saturated carbocycles. The van der Waals surface area contributed by atoms with Gasteiger partial charge in [0.15, 0.2) is 0 Å². The fourth-order valence-electron chi connectivity index (χ4n) is 2.18. The van der Waals surface area contributed by atoms with Crippen LogP contribution in [0.3, 0.4) is 0 Å². The summed E-state index contributed by atoms with van der Waals surface area (Å²) in [6.07, 6.45) is 3.95. The quantitative estimate of drug-likeness (QED) is 0.673. The molecule has 1 rings (SSSR count). The van der Waals surface area contributed by atoms with Gasteiger partial charge in [-0.15, -0.1) is 0 Å². The van der Waals surface area contributed by atoms with Crippen LogP contribution in [-0.4, -0.2) is 19.9 Å². The normalized spacial score (nSPS) is 13.6. The van der Waals surface area contributed by atoms with E-state index < -0.39 is 0 Å². The first-order valence-electron chi connectivity index (χ1n) is 5.41. The zero-order valence-electron chi connectivity index (χ0n) is 11.0. The molecule has 0 spiro atoms. The van der Waals surface area contributed by atoms with E-state index in [-0.39, 0.29) is 7.92 Å². The van der Waals surface area contributed by atoms with Crippen molar-refractivity contribution in [2.24, 2.45) is 7.05 Å². The first-order chi connectivity index (χ1) is 6.64. The Kier molecular flexibility index (Phi) is 3.30. The molecule has 3 heteroatoms. The molecule has 0 atom stereocenters. The minimum Gasteiger partial charge on any atom is -0.334 e. The standard InChI is InChI=1S/C12H23N2P/c1-11(2,3)15(12(4,5)6)10-13-8-9-14(10)7/h8-9H,1-7H3. The summed E-state index contributed by atoms with van der Waals surface area (Å²) in [5, 5.41) is 0.597. The highest BCUT2D eigenvalue weighted by atomic mass is 31.1.